The van der Waals surface area contributed by atoms with E-state index in [0.717, 1.165) is 28.0 Å². The molecule has 4 rings (SSSR count). The van der Waals surface area contributed by atoms with Gasteiger partial charge in [0.15, 0.2) is 0 Å². The molecule has 0 aromatic heterocycles. The third-order valence-electron chi connectivity index (χ3n) is 4.74. The fourth-order valence-electron chi connectivity index (χ4n) is 3.54. The highest BCUT2D eigenvalue weighted by Gasteiger charge is 2.33. The Hall–Kier alpha value is -2.53. The second-order valence-corrected chi connectivity index (χ2v) is 6.47. The molecule has 0 saturated carbocycles. The van der Waals surface area contributed by atoms with Crippen molar-refractivity contribution in [2.24, 2.45) is 0 Å². The maximum absolute atomic E-state index is 12.4. The molecule has 1 aliphatic heterocycles. The first kappa shape index (κ1) is 15.0. The third-order valence-corrected chi connectivity index (χ3v) is 4.74. The number of hydrogen-bond donors (Lipinski definition) is 3. The number of aliphatic hydroxyl groups is 1. The third kappa shape index (κ3) is 2.61. The van der Waals surface area contributed by atoms with Gasteiger partial charge in [0.1, 0.15) is 12.4 Å². The largest absolute Gasteiger partial charge is 0.491 e. The summed E-state index contributed by atoms with van der Waals surface area (Å²) in [4.78, 5) is 12.4. The van der Waals surface area contributed by atoms with Crippen LogP contribution in [-0.2, 0) is 6.42 Å². The minimum absolute atomic E-state index is 0.173. The van der Waals surface area contributed by atoms with E-state index in [4.69, 9.17) is 4.74 Å². The highest BCUT2D eigenvalue weighted by molar-refractivity contribution is 5.75. The predicted molar refractivity (Wildman–Crippen MR) is 90.0 cm³/mol. The number of rotatable bonds is 2. The van der Waals surface area contributed by atoms with E-state index in [0.29, 0.717) is 13.0 Å². The van der Waals surface area contributed by atoms with Gasteiger partial charge in [-0.3, -0.25) is 0 Å². The number of benzene rings is 2. The highest BCUT2D eigenvalue weighted by atomic mass is 16.5. The molecular weight excluding hydrogens is 304 g/mol. The Kier molecular flexibility index (Phi) is 3.65. The van der Waals surface area contributed by atoms with E-state index in [1.165, 1.54) is 0 Å². The number of carbonyl (C=O) groups is 1. The smallest absolute Gasteiger partial charge is 0.315 e. The summed E-state index contributed by atoms with van der Waals surface area (Å²) in [5.41, 5.74) is 4.20. The van der Waals surface area contributed by atoms with E-state index in [-0.39, 0.29) is 18.1 Å². The summed E-state index contributed by atoms with van der Waals surface area (Å²) in [6.07, 6.45) is -0.0297. The van der Waals surface area contributed by atoms with Crippen molar-refractivity contribution in [2.45, 2.75) is 31.5 Å². The second-order valence-electron chi connectivity index (χ2n) is 6.47. The van der Waals surface area contributed by atoms with Crippen LogP contribution in [0.15, 0.2) is 42.5 Å². The lowest BCUT2D eigenvalue weighted by molar-refractivity contribution is 0.141. The Morgan fingerprint density at radius 3 is 2.88 bits per heavy atom. The van der Waals surface area contributed by atoms with E-state index < -0.39 is 6.10 Å². The van der Waals surface area contributed by atoms with Crippen molar-refractivity contribution in [3.8, 4) is 5.75 Å². The van der Waals surface area contributed by atoms with Crippen molar-refractivity contribution in [3.05, 3.63) is 64.7 Å². The molecule has 2 aromatic carbocycles. The molecule has 0 saturated heterocycles. The van der Waals surface area contributed by atoms with Gasteiger partial charge in [0.05, 0.1) is 18.2 Å². The Morgan fingerprint density at radius 1 is 1.17 bits per heavy atom. The van der Waals surface area contributed by atoms with Crippen LogP contribution in [-0.4, -0.2) is 23.8 Å². The Morgan fingerprint density at radius 2 is 2.00 bits per heavy atom. The molecule has 5 heteroatoms. The zero-order chi connectivity index (χ0) is 16.7. The van der Waals surface area contributed by atoms with Crippen molar-refractivity contribution in [1.29, 1.82) is 0 Å². The van der Waals surface area contributed by atoms with Crippen LogP contribution in [0.5, 0.6) is 5.75 Å². The highest BCUT2D eigenvalue weighted by Crippen LogP contribution is 2.34. The minimum atomic E-state index is -0.595. The topological polar surface area (TPSA) is 70.6 Å². The maximum Gasteiger partial charge on any atom is 0.315 e. The van der Waals surface area contributed by atoms with Gasteiger partial charge in [-0.2, -0.15) is 0 Å². The van der Waals surface area contributed by atoms with Gasteiger partial charge in [-0.1, -0.05) is 42.0 Å². The summed E-state index contributed by atoms with van der Waals surface area (Å²) >= 11 is 0. The summed E-state index contributed by atoms with van der Waals surface area (Å²) in [7, 11) is 0. The molecule has 5 nitrogen and oxygen atoms in total. The van der Waals surface area contributed by atoms with Gasteiger partial charge in [-0.25, -0.2) is 4.79 Å². The van der Waals surface area contributed by atoms with Crippen LogP contribution >= 0.6 is 0 Å². The van der Waals surface area contributed by atoms with Gasteiger partial charge in [0, 0.05) is 12.0 Å². The first-order chi connectivity index (χ1) is 11.6. The molecule has 2 amide bonds. The van der Waals surface area contributed by atoms with Crippen molar-refractivity contribution in [3.63, 3.8) is 0 Å². The number of ether oxygens (including phenoxy) is 1. The number of aryl methyl sites for hydroxylation is 1. The van der Waals surface area contributed by atoms with Gasteiger partial charge in [0.2, 0.25) is 0 Å². The Balaban J connectivity index is 1.46. The van der Waals surface area contributed by atoms with Gasteiger partial charge < -0.3 is 20.5 Å². The first-order valence-corrected chi connectivity index (χ1v) is 8.18. The van der Waals surface area contributed by atoms with Gasteiger partial charge in [-0.15, -0.1) is 0 Å². The molecule has 1 heterocycles. The number of nitrogens with one attached hydrogen (secondary N) is 2. The molecule has 1 aliphatic carbocycles. The van der Waals surface area contributed by atoms with Crippen molar-refractivity contribution in [2.75, 3.05) is 6.61 Å². The molecule has 0 radical (unpaired) electrons. The molecular formula is C19H20N2O3. The summed E-state index contributed by atoms with van der Waals surface area (Å²) in [6.45, 7) is 2.44. The molecule has 3 unspecified atom stereocenters. The average molecular weight is 324 g/mol. The van der Waals surface area contributed by atoms with Crippen molar-refractivity contribution < 1.29 is 14.6 Å². The summed E-state index contributed by atoms with van der Waals surface area (Å²) in [5, 5.41) is 16.1. The normalized spacial score (nSPS) is 24.0. The number of fused-ring (bicyclic) bond motifs is 2. The summed E-state index contributed by atoms with van der Waals surface area (Å²) < 4.78 is 5.62. The fraction of sp³-hybridized carbons (Fsp3) is 0.316. The van der Waals surface area contributed by atoms with Crippen LogP contribution < -0.4 is 15.4 Å². The SMILES string of the molecule is Cc1ccc2c(c1)C(NC(=O)NC1c3ccccc3CC1O)CO2. The molecule has 3 N–H and O–H groups in total. The van der Waals surface area contributed by atoms with Crippen molar-refractivity contribution in [1.82, 2.24) is 10.6 Å². The lowest BCUT2D eigenvalue weighted by Crippen LogP contribution is -2.42. The minimum Gasteiger partial charge on any atom is -0.491 e. The van der Waals surface area contributed by atoms with E-state index in [1.807, 2.05) is 49.4 Å². The molecule has 0 fully saturated rings. The van der Waals surface area contributed by atoms with Crippen LogP contribution in [0.1, 0.15) is 34.3 Å². The standard InChI is InChI=1S/C19H20N2O3/c1-11-6-7-17-14(8-11)15(10-24-17)20-19(23)21-18-13-5-3-2-4-12(13)9-16(18)22/h2-8,15-16,18,22H,9-10H2,1H3,(H2,20,21,23). The Bertz CT molecular complexity index is 790. The first-order valence-electron chi connectivity index (χ1n) is 8.18. The van der Waals surface area contributed by atoms with Crippen molar-refractivity contribution >= 4 is 6.03 Å². The molecule has 124 valence electrons. The van der Waals surface area contributed by atoms with Crippen LogP contribution in [0.3, 0.4) is 0 Å². The second kappa shape index (κ2) is 5.83. The Labute approximate surface area is 140 Å². The van der Waals surface area contributed by atoms with E-state index in [1.54, 1.807) is 0 Å². The van der Waals surface area contributed by atoms with Crippen LogP contribution in [0.25, 0.3) is 0 Å². The van der Waals surface area contributed by atoms with Gasteiger partial charge >= 0.3 is 6.03 Å². The quantitative estimate of drug-likeness (QED) is 0.794. The monoisotopic (exact) mass is 324 g/mol. The lowest BCUT2D eigenvalue weighted by atomic mass is 10.1. The van der Waals surface area contributed by atoms with Crippen LogP contribution in [0, 0.1) is 6.92 Å². The zero-order valence-electron chi connectivity index (χ0n) is 13.5. The molecule has 2 aromatic rings. The van der Waals surface area contributed by atoms with Crippen LogP contribution in [0.2, 0.25) is 0 Å². The number of carbonyl (C=O) groups excluding carboxylic acids is 1. The molecule has 24 heavy (non-hydrogen) atoms. The molecule has 0 bridgehead atoms. The van der Waals surface area contributed by atoms with E-state index >= 15 is 0 Å². The van der Waals surface area contributed by atoms with Gasteiger partial charge in [-0.05, 0) is 24.1 Å². The maximum atomic E-state index is 12.4. The fourth-order valence-corrected chi connectivity index (χ4v) is 3.54. The molecule has 0 spiro atoms. The number of aliphatic hydroxyl groups excluding tert-OH is 1. The van der Waals surface area contributed by atoms with Gasteiger partial charge in [0.25, 0.3) is 0 Å². The number of urea groups is 1. The lowest BCUT2D eigenvalue weighted by Gasteiger charge is -2.20. The summed E-state index contributed by atoms with van der Waals surface area (Å²) in [5.74, 6) is 0.817. The zero-order valence-corrected chi connectivity index (χ0v) is 13.5. The number of hydrogen-bond acceptors (Lipinski definition) is 3. The number of amides is 2. The van der Waals surface area contributed by atoms with Crippen LogP contribution in [0.4, 0.5) is 4.79 Å². The van der Waals surface area contributed by atoms with E-state index in [9.17, 15) is 9.90 Å². The molecule has 2 aliphatic rings. The summed E-state index contributed by atoms with van der Waals surface area (Å²) in [6, 6.07) is 12.9. The average Bonchev–Trinajstić information content (AvgIpc) is 3.09. The molecule has 3 atom stereocenters. The van der Waals surface area contributed by atoms with E-state index in [2.05, 4.69) is 10.6 Å². The predicted octanol–water partition coefficient (Wildman–Crippen LogP) is 2.39.